The molecule has 1 amide bonds. The summed E-state index contributed by atoms with van der Waals surface area (Å²) in [4.78, 5) is 12.7. The standard InChI is InChI=1S/C22H27N5O2S/c1-5-29-17-12-10-16(11-13-17)20-25-26-22(27(20)23)30-15(4)21(28)24-19-9-7-6-8-18(19)14(2)3/h6-15H,5,23H2,1-4H3,(H,24,28). The third-order valence-electron chi connectivity index (χ3n) is 4.58. The zero-order valence-electron chi connectivity index (χ0n) is 17.6. The van der Waals surface area contributed by atoms with Gasteiger partial charge in [-0.2, -0.15) is 0 Å². The van der Waals surface area contributed by atoms with Gasteiger partial charge in [-0.05, 0) is 55.7 Å². The van der Waals surface area contributed by atoms with E-state index in [0.29, 0.717) is 23.5 Å². The van der Waals surface area contributed by atoms with E-state index in [0.717, 1.165) is 22.6 Å². The number of thioether (sulfide) groups is 1. The number of hydrogen-bond acceptors (Lipinski definition) is 6. The van der Waals surface area contributed by atoms with Crippen LogP contribution in [0.15, 0.2) is 53.7 Å². The van der Waals surface area contributed by atoms with Crippen LogP contribution in [-0.2, 0) is 4.79 Å². The van der Waals surface area contributed by atoms with E-state index in [-0.39, 0.29) is 5.91 Å². The number of para-hydroxylation sites is 1. The van der Waals surface area contributed by atoms with Crippen molar-refractivity contribution in [2.75, 3.05) is 17.8 Å². The molecule has 8 heteroatoms. The Balaban J connectivity index is 1.70. The zero-order valence-corrected chi connectivity index (χ0v) is 18.4. The van der Waals surface area contributed by atoms with Crippen LogP contribution in [0.3, 0.4) is 0 Å². The number of nitrogens with zero attached hydrogens (tertiary/aromatic N) is 3. The Hall–Kier alpha value is -3.00. The minimum Gasteiger partial charge on any atom is -0.494 e. The molecule has 0 aliphatic rings. The largest absolute Gasteiger partial charge is 0.494 e. The normalized spacial score (nSPS) is 12.0. The number of carbonyl (C=O) groups is 1. The first kappa shape index (κ1) is 21.7. The molecule has 3 N–H and O–H groups in total. The molecule has 0 aliphatic carbocycles. The summed E-state index contributed by atoms with van der Waals surface area (Å²) in [7, 11) is 0. The fourth-order valence-corrected chi connectivity index (χ4v) is 3.75. The average molecular weight is 426 g/mol. The molecule has 0 saturated carbocycles. The Morgan fingerprint density at radius 3 is 2.50 bits per heavy atom. The second-order valence-electron chi connectivity index (χ2n) is 7.12. The summed E-state index contributed by atoms with van der Waals surface area (Å²) in [5, 5.41) is 11.4. The molecule has 30 heavy (non-hydrogen) atoms. The summed E-state index contributed by atoms with van der Waals surface area (Å²) < 4.78 is 6.87. The topological polar surface area (TPSA) is 95.1 Å². The van der Waals surface area contributed by atoms with Gasteiger partial charge >= 0.3 is 0 Å². The van der Waals surface area contributed by atoms with Crippen LogP contribution in [0.5, 0.6) is 5.75 Å². The number of nitrogens with two attached hydrogens (primary N) is 1. The quantitative estimate of drug-likeness (QED) is 0.413. The summed E-state index contributed by atoms with van der Waals surface area (Å²) in [5.74, 6) is 7.72. The molecule has 2 aromatic carbocycles. The molecule has 0 aliphatic heterocycles. The van der Waals surface area contributed by atoms with E-state index in [9.17, 15) is 4.79 Å². The lowest BCUT2D eigenvalue weighted by atomic mass is 10.0. The van der Waals surface area contributed by atoms with Crippen LogP contribution >= 0.6 is 11.8 Å². The molecule has 0 fully saturated rings. The van der Waals surface area contributed by atoms with E-state index in [2.05, 4.69) is 29.4 Å². The van der Waals surface area contributed by atoms with Crippen molar-refractivity contribution in [1.82, 2.24) is 14.9 Å². The Kier molecular flexibility index (Phi) is 6.99. The van der Waals surface area contributed by atoms with Crippen LogP contribution in [-0.4, -0.2) is 32.6 Å². The van der Waals surface area contributed by atoms with Gasteiger partial charge in [-0.3, -0.25) is 4.79 Å². The van der Waals surface area contributed by atoms with Gasteiger partial charge in [0.25, 0.3) is 0 Å². The van der Waals surface area contributed by atoms with E-state index in [1.807, 2.05) is 62.4 Å². The van der Waals surface area contributed by atoms with Crippen molar-refractivity contribution in [1.29, 1.82) is 0 Å². The molecule has 0 bridgehead atoms. The van der Waals surface area contributed by atoms with Crippen molar-refractivity contribution in [3.05, 3.63) is 54.1 Å². The van der Waals surface area contributed by atoms with Gasteiger partial charge in [0.2, 0.25) is 11.1 Å². The van der Waals surface area contributed by atoms with Gasteiger partial charge in [0.15, 0.2) is 5.82 Å². The van der Waals surface area contributed by atoms with Crippen molar-refractivity contribution in [3.8, 4) is 17.1 Å². The predicted octanol–water partition coefficient (Wildman–Crippen LogP) is 4.30. The molecule has 3 rings (SSSR count). The Bertz CT molecular complexity index is 1000. The van der Waals surface area contributed by atoms with Gasteiger partial charge in [0, 0.05) is 11.3 Å². The highest BCUT2D eigenvalue weighted by Gasteiger charge is 2.21. The molecule has 7 nitrogen and oxygen atoms in total. The maximum atomic E-state index is 12.7. The van der Waals surface area contributed by atoms with Crippen molar-refractivity contribution in [2.45, 2.75) is 44.0 Å². The number of aromatic nitrogens is 3. The van der Waals surface area contributed by atoms with Crippen molar-refractivity contribution in [3.63, 3.8) is 0 Å². The van der Waals surface area contributed by atoms with E-state index in [1.54, 1.807) is 0 Å². The number of benzene rings is 2. The van der Waals surface area contributed by atoms with Crippen LogP contribution < -0.4 is 15.9 Å². The first-order valence-corrected chi connectivity index (χ1v) is 10.8. The molecule has 1 atom stereocenters. The van der Waals surface area contributed by atoms with E-state index in [4.69, 9.17) is 10.6 Å². The van der Waals surface area contributed by atoms with E-state index in [1.165, 1.54) is 16.4 Å². The summed E-state index contributed by atoms with van der Waals surface area (Å²) >= 11 is 1.27. The summed E-state index contributed by atoms with van der Waals surface area (Å²) in [6, 6.07) is 15.3. The smallest absolute Gasteiger partial charge is 0.237 e. The Morgan fingerprint density at radius 2 is 1.83 bits per heavy atom. The van der Waals surface area contributed by atoms with Crippen LogP contribution in [0.1, 0.15) is 39.2 Å². The number of amides is 1. The summed E-state index contributed by atoms with van der Waals surface area (Å²) in [6.07, 6.45) is 0. The fourth-order valence-electron chi connectivity index (χ4n) is 2.98. The number of anilines is 1. The average Bonchev–Trinajstić information content (AvgIpc) is 3.09. The SMILES string of the molecule is CCOc1ccc(-c2nnc(SC(C)C(=O)Nc3ccccc3C(C)C)n2N)cc1. The maximum absolute atomic E-state index is 12.7. The van der Waals surface area contributed by atoms with Crippen molar-refractivity contribution >= 4 is 23.4 Å². The highest BCUT2D eigenvalue weighted by atomic mass is 32.2. The van der Waals surface area contributed by atoms with Crippen molar-refractivity contribution < 1.29 is 9.53 Å². The number of carbonyl (C=O) groups excluding carboxylic acids is 1. The van der Waals surface area contributed by atoms with Gasteiger partial charge in [-0.1, -0.05) is 43.8 Å². The van der Waals surface area contributed by atoms with Gasteiger partial charge in [0.1, 0.15) is 5.75 Å². The first-order valence-electron chi connectivity index (χ1n) is 9.90. The molecule has 0 saturated heterocycles. The molecular weight excluding hydrogens is 398 g/mol. The molecule has 158 valence electrons. The van der Waals surface area contributed by atoms with Crippen LogP contribution in [0.2, 0.25) is 0 Å². The van der Waals surface area contributed by atoms with Crippen LogP contribution in [0, 0.1) is 0 Å². The Morgan fingerprint density at radius 1 is 1.13 bits per heavy atom. The molecule has 0 radical (unpaired) electrons. The third kappa shape index (κ3) is 4.94. The molecular formula is C22H27N5O2S. The second kappa shape index (κ2) is 9.67. The molecule has 1 aromatic heterocycles. The lowest BCUT2D eigenvalue weighted by Crippen LogP contribution is -2.24. The number of rotatable bonds is 8. The fraction of sp³-hybridized carbons (Fsp3) is 0.318. The van der Waals surface area contributed by atoms with Crippen molar-refractivity contribution in [2.24, 2.45) is 0 Å². The first-order chi connectivity index (χ1) is 14.4. The Labute approximate surface area is 181 Å². The summed E-state index contributed by atoms with van der Waals surface area (Å²) in [5.41, 5.74) is 2.75. The van der Waals surface area contributed by atoms with Gasteiger partial charge in [0.05, 0.1) is 11.9 Å². The zero-order chi connectivity index (χ0) is 21.7. The molecule has 1 heterocycles. The molecule has 1 unspecified atom stereocenters. The highest BCUT2D eigenvalue weighted by molar-refractivity contribution is 8.00. The number of hydrogen-bond donors (Lipinski definition) is 2. The van der Waals surface area contributed by atoms with Gasteiger partial charge in [-0.25, -0.2) is 4.68 Å². The van der Waals surface area contributed by atoms with Crippen LogP contribution in [0.25, 0.3) is 11.4 Å². The monoisotopic (exact) mass is 425 g/mol. The lowest BCUT2D eigenvalue weighted by Gasteiger charge is -2.16. The number of ether oxygens (including phenoxy) is 1. The van der Waals surface area contributed by atoms with Crippen LogP contribution in [0.4, 0.5) is 5.69 Å². The third-order valence-corrected chi connectivity index (χ3v) is 5.64. The van der Waals surface area contributed by atoms with Gasteiger partial charge in [-0.15, -0.1) is 10.2 Å². The van der Waals surface area contributed by atoms with E-state index >= 15 is 0 Å². The maximum Gasteiger partial charge on any atom is 0.237 e. The minimum atomic E-state index is -0.398. The van der Waals surface area contributed by atoms with Gasteiger partial charge < -0.3 is 15.9 Å². The molecule has 0 spiro atoms. The number of nitrogens with one attached hydrogen (secondary N) is 1. The minimum absolute atomic E-state index is 0.112. The highest BCUT2D eigenvalue weighted by Crippen LogP contribution is 2.28. The predicted molar refractivity (Wildman–Crippen MR) is 121 cm³/mol. The number of nitrogen functional groups attached to an aromatic ring is 1. The lowest BCUT2D eigenvalue weighted by molar-refractivity contribution is -0.115. The summed E-state index contributed by atoms with van der Waals surface area (Å²) in [6.45, 7) is 8.57. The second-order valence-corrected chi connectivity index (χ2v) is 8.43. The molecule has 3 aromatic rings. The van der Waals surface area contributed by atoms with E-state index < -0.39 is 5.25 Å².